The zero-order valence-corrected chi connectivity index (χ0v) is 13.7. The number of benzene rings is 1. The van der Waals surface area contributed by atoms with Gasteiger partial charge in [-0.15, -0.1) is 0 Å². The van der Waals surface area contributed by atoms with Crippen LogP contribution in [0.4, 0.5) is 0 Å². The second kappa shape index (κ2) is 6.22. The summed E-state index contributed by atoms with van der Waals surface area (Å²) in [6, 6.07) is 6.77. The molecule has 0 atom stereocenters. The number of fused-ring (bicyclic) bond motifs is 1. The fourth-order valence-electron chi connectivity index (χ4n) is 3.32. The van der Waals surface area contributed by atoms with E-state index in [2.05, 4.69) is 35.5 Å². The van der Waals surface area contributed by atoms with E-state index >= 15 is 0 Å². The topological polar surface area (TPSA) is 29.9 Å². The maximum atomic E-state index is 5.85. The van der Waals surface area contributed by atoms with Gasteiger partial charge >= 0.3 is 0 Å². The Morgan fingerprint density at radius 3 is 2.76 bits per heavy atom. The van der Waals surface area contributed by atoms with Gasteiger partial charge in [0.25, 0.3) is 0 Å². The number of aromatic amines is 1. The molecule has 1 aliphatic carbocycles. The normalized spacial score (nSPS) is 22.6. The highest BCUT2D eigenvalue weighted by molar-refractivity contribution is 7.71. The maximum Gasteiger partial charge on any atom is 0.178 e. The number of hydrogen-bond acceptors (Lipinski definition) is 2. The van der Waals surface area contributed by atoms with Gasteiger partial charge in [-0.05, 0) is 62.4 Å². The van der Waals surface area contributed by atoms with E-state index in [0.717, 1.165) is 35.0 Å². The number of imidazole rings is 1. The summed E-state index contributed by atoms with van der Waals surface area (Å²) in [5.74, 6) is 1.77. The highest BCUT2D eigenvalue weighted by Crippen LogP contribution is 2.35. The summed E-state index contributed by atoms with van der Waals surface area (Å²) in [6.07, 6.45) is 6.06. The molecular weight excluding hydrogens is 280 g/mol. The monoisotopic (exact) mass is 304 g/mol. The van der Waals surface area contributed by atoms with Crippen molar-refractivity contribution in [1.82, 2.24) is 9.55 Å². The molecule has 1 heterocycles. The first-order valence-corrected chi connectivity index (χ1v) is 8.47. The first kappa shape index (κ1) is 14.6. The van der Waals surface area contributed by atoms with Crippen molar-refractivity contribution in [3.05, 3.63) is 23.0 Å². The van der Waals surface area contributed by atoms with Crippen molar-refractivity contribution >= 4 is 23.3 Å². The van der Waals surface area contributed by atoms with E-state index in [0.29, 0.717) is 6.04 Å². The summed E-state index contributed by atoms with van der Waals surface area (Å²) in [7, 11) is 0. The van der Waals surface area contributed by atoms with Crippen LogP contribution in [0.25, 0.3) is 11.0 Å². The van der Waals surface area contributed by atoms with Crippen molar-refractivity contribution in [3.8, 4) is 5.75 Å². The smallest absolute Gasteiger partial charge is 0.178 e. The molecule has 0 radical (unpaired) electrons. The Bertz CT molecular complexity index is 665. The third-order valence-corrected chi connectivity index (χ3v) is 4.83. The quantitative estimate of drug-likeness (QED) is 0.783. The first-order valence-electron chi connectivity index (χ1n) is 8.06. The average Bonchev–Trinajstić information content (AvgIpc) is 2.83. The third kappa shape index (κ3) is 2.86. The van der Waals surface area contributed by atoms with Gasteiger partial charge in [-0.2, -0.15) is 0 Å². The third-order valence-electron chi connectivity index (χ3n) is 4.53. The van der Waals surface area contributed by atoms with Crippen LogP contribution in [0.1, 0.15) is 52.0 Å². The van der Waals surface area contributed by atoms with Crippen molar-refractivity contribution < 1.29 is 4.74 Å². The minimum absolute atomic E-state index is 0.531. The summed E-state index contributed by atoms with van der Waals surface area (Å²) < 4.78 is 9.00. The van der Waals surface area contributed by atoms with Crippen molar-refractivity contribution in [1.29, 1.82) is 0 Å². The number of aromatic nitrogens is 2. The molecule has 0 spiro atoms. The highest BCUT2D eigenvalue weighted by atomic mass is 32.1. The Morgan fingerprint density at radius 2 is 2.05 bits per heavy atom. The summed E-state index contributed by atoms with van der Waals surface area (Å²) in [5.41, 5.74) is 2.24. The summed E-state index contributed by atoms with van der Waals surface area (Å²) in [6.45, 7) is 5.21. The minimum Gasteiger partial charge on any atom is -0.491 e. The molecule has 1 N–H and O–H groups in total. The zero-order valence-electron chi connectivity index (χ0n) is 12.9. The second-order valence-electron chi connectivity index (χ2n) is 6.21. The number of ether oxygens (including phenoxy) is 1. The molecule has 1 aromatic carbocycles. The lowest BCUT2D eigenvalue weighted by Gasteiger charge is -2.27. The molecule has 21 heavy (non-hydrogen) atoms. The number of para-hydroxylation sites is 1. The van der Waals surface area contributed by atoms with Crippen molar-refractivity contribution in [3.63, 3.8) is 0 Å². The number of hydrogen-bond donors (Lipinski definition) is 1. The standard InChI is InChI=1S/C17H24N2OS/c1-3-11-20-15-6-4-5-14-16(15)18-17(21)19(14)13-9-7-12(2)8-10-13/h4-6,12-13H,3,7-11H2,1-2H3,(H,18,21). The van der Waals surface area contributed by atoms with Crippen LogP contribution in [0.15, 0.2) is 18.2 Å². The van der Waals surface area contributed by atoms with Gasteiger partial charge < -0.3 is 14.3 Å². The van der Waals surface area contributed by atoms with Crippen molar-refractivity contribution in [2.45, 2.75) is 52.0 Å². The van der Waals surface area contributed by atoms with E-state index < -0.39 is 0 Å². The number of nitrogens with one attached hydrogen (secondary N) is 1. The molecule has 0 saturated heterocycles. The maximum absolute atomic E-state index is 5.85. The van der Waals surface area contributed by atoms with E-state index in [-0.39, 0.29) is 0 Å². The molecule has 4 heteroatoms. The van der Waals surface area contributed by atoms with Crippen LogP contribution in [-0.4, -0.2) is 16.2 Å². The Morgan fingerprint density at radius 1 is 1.29 bits per heavy atom. The van der Waals surface area contributed by atoms with Gasteiger partial charge in [0, 0.05) is 6.04 Å². The van der Waals surface area contributed by atoms with Crippen LogP contribution in [0.3, 0.4) is 0 Å². The average molecular weight is 304 g/mol. The Balaban J connectivity index is 1.99. The Kier molecular flexibility index (Phi) is 4.34. The zero-order chi connectivity index (χ0) is 14.8. The van der Waals surface area contributed by atoms with Gasteiger partial charge in [0.2, 0.25) is 0 Å². The summed E-state index contributed by atoms with van der Waals surface area (Å²) in [5, 5.41) is 0. The van der Waals surface area contributed by atoms with Gasteiger partial charge in [0.15, 0.2) is 4.77 Å². The molecule has 1 aliphatic rings. The molecule has 2 aromatic rings. The molecule has 1 aromatic heterocycles. The first-order chi connectivity index (χ1) is 10.2. The van der Waals surface area contributed by atoms with Gasteiger partial charge in [-0.3, -0.25) is 0 Å². The number of H-pyrrole nitrogens is 1. The predicted molar refractivity (Wildman–Crippen MR) is 89.6 cm³/mol. The molecule has 0 unspecified atom stereocenters. The van der Waals surface area contributed by atoms with Gasteiger partial charge in [0.05, 0.1) is 12.1 Å². The predicted octanol–water partition coefficient (Wildman–Crippen LogP) is 5.24. The number of nitrogens with zero attached hydrogens (tertiary/aromatic N) is 1. The van der Waals surface area contributed by atoms with E-state index in [1.54, 1.807) is 0 Å². The van der Waals surface area contributed by atoms with Crippen LogP contribution in [0, 0.1) is 10.7 Å². The van der Waals surface area contributed by atoms with Crippen LogP contribution in [0.5, 0.6) is 5.75 Å². The van der Waals surface area contributed by atoms with E-state index in [1.165, 1.54) is 31.2 Å². The van der Waals surface area contributed by atoms with E-state index in [4.69, 9.17) is 17.0 Å². The lowest BCUT2D eigenvalue weighted by Crippen LogP contribution is -2.16. The molecule has 3 rings (SSSR count). The van der Waals surface area contributed by atoms with Crippen molar-refractivity contribution in [2.24, 2.45) is 5.92 Å². The fourth-order valence-corrected chi connectivity index (χ4v) is 3.67. The Hall–Kier alpha value is -1.29. The molecular formula is C17H24N2OS. The molecule has 3 nitrogen and oxygen atoms in total. The second-order valence-corrected chi connectivity index (χ2v) is 6.60. The Labute approximate surface area is 131 Å². The molecule has 1 fully saturated rings. The SMILES string of the molecule is CCCOc1cccc2c1[nH]c(=S)n2C1CCC(C)CC1. The van der Waals surface area contributed by atoms with Crippen LogP contribution in [0.2, 0.25) is 0 Å². The largest absolute Gasteiger partial charge is 0.491 e. The summed E-state index contributed by atoms with van der Waals surface area (Å²) in [4.78, 5) is 3.37. The van der Waals surface area contributed by atoms with Gasteiger partial charge in [0.1, 0.15) is 11.3 Å². The van der Waals surface area contributed by atoms with Crippen LogP contribution >= 0.6 is 12.2 Å². The minimum atomic E-state index is 0.531. The molecule has 114 valence electrons. The molecule has 0 amide bonds. The highest BCUT2D eigenvalue weighted by Gasteiger charge is 2.22. The van der Waals surface area contributed by atoms with E-state index in [1.807, 2.05) is 6.07 Å². The van der Waals surface area contributed by atoms with Crippen LogP contribution < -0.4 is 4.74 Å². The lowest BCUT2D eigenvalue weighted by molar-refractivity contribution is 0.292. The lowest BCUT2D eigenvalue weighted by atomic mass is 9.87. The van der Waals surface area contributed by atoms with E-state index in [9.17, 15) is 0 Å². The molecule has 0 bridgehead atoms. The fraction of sp³-hybridized carbons (Fsp3) is 0.588. The van der Waals surface area contributed by atoms with Gasteiger partial charge in [-0.1, -0.05) is 19.9 Å². The summed E-state index contributed by atoms with van der Waals surface area (Å²) >= 11 is 5.59. The van der Waals surface area contributed by atoms with Gasteiger partial charge in [-0.25, -0.2) is 0 Å². The van der Waals surface area contributed by atoms with Crippen molar-refractivity contribution in [2.75, 3.05) is 6.61 Å². The molecule has 0 aliphatic heterocycles. The molecule has 1 saturated carbocycles. The van der Waals surface area contributed by atoms with Crippen LogP contribution in [-0.2, 0) is 0 Å². The number of rotatable bonds is 4.